The summed E-state index contributed by atoms with van der Waals surface area (Å²) in [4.78, 5) is 36.3. The molecular weight excluding hydrogens is 307 g/mol. The van der Waals surface area contributed by atoms with Gasteiger partial charge < -0.3 is 20.1 Å². The van der Waals surface area contributed by atoms with Crippen molar-refractivity contribution in [1.29, 1.82) is 0 Å². The number of carbonyl (C=O) groups excluding carboxylic acids is 3. The molecule has 2 N–H and O–H groups in total. The molecule has 0 heterocycles. The van der Waals surface area contributed by atoms with E-state index in [1.54, 1.807) is 6.92 Å². The maximum absolute atomic E-state index is 13.5. The van der Waals surface area contributed by atoms with Crippen molar-refractivity contribution in [2.45, 2.75) is 19.4 Å². The number of carbonyl (C=O) groups is 3. The number of hydrogen-bond acceptors (Lipinski definition) is 5. The van der Waals surface area contributed by atoms with Gasteiger partial charge in [0.15, 0.2) is 0 Å². The third-order valence-electron chi connectivity index (χ3n) is 3.05. The van der Waals surface area contributed by atoms with E-state index in [2.05, 4.69) is 10.1 Å². The topological polar surface area (TPSA) is 95.9 Å². The van der Waals surface area contributed by atoms with Gasteiger partial charge in [-0.25, -0.2) is 9.18 Å². The third kappa shape index (κ3) is 5.33. The van der Waals surface area contributed by atoms with Gasteiger partial charge >= 0.3 is 17.8 Å². The second kappa shape index (κ2) is 8.23. The highest BCUT2D eigenvalue weighted by atomic mass is 19.1. The largest absolute Gasteiger partial charge is 0.465 e. The average molecular weight is 326 g/mol. The first-order chi connectivity index (χ1) is 10.8. The minimum absolute atomic E-state index is 0.0917. The zero-order valence-corrected chi connectivity index (χ0v) is 13.1. The van der Waals surface area contributed by atoms with E-state index in [9.17, 15) is 23.9 Å². The summed E-state index contributed by atoms with van der Waals surface area (Å²) in [6.07, 6.45) is -0.258. The monoisotopic (exact) mass is 326 g/mol. The van der Waals surface area contributed by atoms with Gasteiger partial charge in [-0.1, -0.05) is 0 Å². The molecule has 1 rings (SSSR count). The first-order valence-corrected chi connectivity index (χ1v) is 6.88. The van der Waals surface area contributed by atoms with Gasteiger partial charge in [-0.15, -0.1) is 0 Å². The molecule has 7 nitrogen and oxygen atoms in total. The number of rotatable bonds is 5. The van der Waals surface area contributed by atoms with Gasteiger partial charge in [0.1, 0.15) is 5.82 Å². The number of nitrogens with one attached hydrogen (secondary N) is 1. The average Bonchev–Trinajstić information content (AvgIpc) is 2.52. The molecule has 0 radical (unpaired) electrons. The van der Waals surface area contributed by atoms with Crippen LogP contribution in [0.25, 0.3) is 0 Å². The van der Waals surface area contributed by atoms with Crippen LogP contribution in [-0.2, 0) is 14.3 Å². The Hall–Kier alpha value is -2.48. The van der Waals surface area contributed by atoms with Gasteiger partial charge in [0.05, 0.1) is 18.8 Å². The van der Waals surface area contributed by atoms with Crippen LogP contribution in [0.3, 0.4) is 0 Å². The van der Waals surface area contributed by atoms with Crippen LogP contribution in [0.1, 0.15) is 23.7 Å². The standard InChI is InChI=1S/C15H19FN2O5/c1-9(19)6-7-18(2)14(21)13(20)17-10-4-5-12(16)11(8-10)15(22)23-3/h4-5,8-9,19H,6-7H2,1-3H3,(H,17,20)/t9-/m0/s1. The SMILES string of the molecule is COC(=O)c1cc(NC(=O)C(=O)N(C)CC[C@H](C)O)ccc1F. The molecule has 0 aliphatic carbocycles. The number of ether oxygens (including phenoxy) is 1. The Morgan fingerprint density at radius 3 is 2.61 bits per heavy atom. The van der Waals surface area contributed by atoms with Crippen LogP contribution in [0.2, 0.25) is 0 Å². The number of aliphatic hydroxyl groups is 1. The van der Waals surface area contributed by atoms with Gasteiger partial charge in [0.25, 0.3) is 0 Å². The Labute approximate surface area is 133 Å². The quantitative estimate of drug-likeness (QED) is 0.616. The number of anilines is 1. The van der Waals surface area contributed by atoms with Crippen molar-refractivity contribution in [2.24, 2.45) is 0 Å². The van der Waals surface area contributed by atoms with Crippen LogP contribution in [0, 0.1) is 5.82 Å². The van der Waals surface area contributed by atoms with Crippen molar-refractivity contribution < 1.29 is 28.6 Å². The zero-order chi connectivity index (χ0) is 17.6. The number of benzene rings is 1. The Morgan fingerprint density at radius 2 is 2.04 bits per heavy atom. The third-order valence-corrected chi connectivity index (χ3v) is 3.05. The van der Waals surface area contributed by atoms with Crippen LogP contribution in [-0.4, -0.2) is 54.6 Å². The molecular formula is C15H19FN2O5. The fourth-order valence-corrected chi connectivity index (χ4v) is 1.71. The lowest BCUT2D eigenvalue weighted by atomic mass is 10.2. The van der Waals surface area contributed by atoms with Crippen LogP contribution in [0.15, 0.2) is 18.2 Å². The Balaban J connectivity index is 2.77. The Kier molecular flexibility index (Phi) is 6.65. The first kappa shape index (κ1) is 18.6. The number of methoxy groups -OCH3 is 1. The molecule has 0 aliphatic rings. The molecule has 0 aliphatic heterocycles. The highest BCUT2D eigenvalue weighted by molar-refractivity contribution is 6.39. The fraction of sp³-hybridized carbons (Fsp3) is 0.400. The molecule has 0 spiro atoms. The van der Waals surface area contributed by atoms with Gasteiger partial charge in [-0.3, -0.25) is 9.59 Å². The number of aliphatic hydroxyl groups excluding tert-OH is 1. The second-order valence-electron chi connectivity index (χ2n) is 5.00. The van der Waals surface area contributed by atoms with Crippen LogP contribution in [0.5, 0.6) is 0 Å². The van der Waals surface area contributed by atoms with E-state index in [4.69, 9.17) is 0 Å². The predicted molar refractivity (Wildman–Crippen MR) is 80.3 cm³/mol. The molecule has 2 amide bonds. The summed E-state index contributed by atoms with van der Waals surface area (Å²) in [5, 5.41) is 11.5. The van der Waals surface area contributed by atoms with E-state index in [0.29, 0.717) is 6.42 Å². The summed E-state index contributed by atoms with van der Waals surface area (Å²) < 4.78 is 17.9. The van der Waals surface area contributed by atoms with E-state index in [1.165, 1.54) is 13.1 Å². The summed E-state index contributed by atoms with van der Waals surface area (Å²) >= 11 is 0. The molecule has 1 aromatic rings. The molecule has 0 unspecified atom stereocenters. The van der Waals surface area contributed by atoms with E-state index in [0.717, 1.165) is 24.1 Å². The maximum Gasteiger partial charge on any atom is 0.340 e. The minimum Gasteiger partial charge on any atom is -0.465 e. The van der Waals surface area contributed by atoms with Crippen molar-refractivity contribution in [1.82, 2.24) is 4.90 Å². The summed E-state index contributed by atoms with van der Waals surface area (Å²) in [7, 11) is 2.53. The van der Waals surface area contributed by atoms with Gasteiger partial charge in [-0.05, 0) is 31.5 Å². The molecule has 0 aromatic heterocycles. The molecule has 0 fully saturated rings. The Bertz CT molecular complexity index is 604. The second-order valence-corrected chi connectivity index (χ2v) is 5.00. The predicted octanol–water partition coefficient (Wildman–Crippen LogP) is 0.780. The minimum atomic E-state index is -0.930. The number of amides is 2. The molecule has 8 heteroatoms. The zero-order valence-electron chi connectivity index (χ0n) is 13.1. The van der Waals surface area contributed by atoms with Crippen LogP contribution in [0.4, 0.5) is 10.1 Å². The molecule has 0 saturated heterocycles. The maximum atomic E-state index is 13.5. The van der Waals surface area contributed by atoms with Crippen LogP contribution < -0.4 is 5.32 Å². The highest BCUT2D eigenvalue weighted by Crippen LogP contribution is 2.16. The summed E-state index contributed by atoms with van der Waals surface area (Å²) in [6.45, 7) is 1.78. The van der Waals surface area contributed by atoms with E-state index in [-0.39, 0.29) is 17.8 Å². The first-order valence-electron chi connectivity index (χ1n) is 6.88. The van der Waals surface area contributed by atoms with Crippen molar-refractivity contribution >= 4 is 23.5 Å². The number of hydrogen-bond donors (Lipinski definition) is 2. The molecule has 0 bridgehead atoms. The van der Waals surface area contributed by atoms with Gasteiger partial charge in [-0.2, -0.15) is 0 Å². The molecule has 23 heavy (non-hydrogen) atoms. The van der Waals surface area contributed by atoms with Gasteiger partial charge in [0.2, 0.25) is 0 Å². The van der Waals surface area contributed by atoms with Crippen LogP contribution >= 0.6 is 0 Å². The number of nitrogens with zero attached hydrogens (tertiary/aromatic N) is 1. The number of likely N-dealkylation sites (N-methyl/N-ethyl adjacent to an activating group) is 1. The molecule has 1 atom stereocenters. The highest BCUT2D eigenvalue weighted by Gasteiger charge is 2.20. The summed E-state index contributed by atoms with van der Waals surface area (Å²) in [5.41, 5.74) is -0.255. The lowest BCUT2D eigenvalue weighted by Gasteiger charge is -2.17. The number of esters is 1. The van der Waals surface area contributed by atoms with E-state index >= 15 is 0 Å². The molecule has 0 saturated carbocycles. The van der Waals surface area contributed by atoms with Gasteiger partial charge in [0, 0.05) is 19.3 Å². The van der Waals surface area contributed by atoms with E-state index in [1.807, 2.05) is 0 Å². The van der Waals surface area contributed by atoms with Crippen molar-refractivity contribution in [3.63, 3.8) is 0 Å². The summed E-state index contributed by atoms with van der Waals surface area (Å²) in [5.74, 6) is -3.43. The number of halogens is 1. The molecule has 1 aromatic carbocycles. The van der Waals surface area contributed by atoms with Crippen molar-refractivity contribution in [3.05, 3.63) is 29.6 Å². The summed E-state index contributed by atoms with van der Waals surface area (Å²) in [6, 6.07) is 3.30. The van der Waals surface area contributed by atoms with Crippen molar-refractivity contribution in [2.75, 3.05) is 26.0 Å². The lowest BCUT2D eigenvalue weighted by Crippen LogP contribution is -2.38. The smallest absolute Gasteiger partial charge is 0.340 e. The molecule has 126 valence electrons. The normalized spacial score (nSPS) is 11.5. The van der Waals surface area contributed by atoms with Crippen molar-refractivity contribution in [3.8, 4) is 0 Å². The lowest BCUT2D eigenvalue weighted by molar-refractivity contribution is -0.142. The fourth-order valence-electron chi connectivity index (χ4n) is 1.71. The van der Waals surface area contributed by atoms with E-state index < -0.39 is 29.7 Å². The Morgan fingerprint density at radius 1 is 1.39 bits per heavy atom.